The van der Waals surface area contributed by atoms with Crippen molar-refractivity contribution < 1.29 is 4.74 Å². The van der Waals surface area contributed by atoms with Crippen molar-refractivity contribution >= 4 is 11.3 Å². The Kier molecular flexibility index (Phi) is 3.64. The van der Waals surface area contributed by atoms with Gasteiger partial charge in [0.05, 0.1) is 5.60 Å². The summed E-state index contributed by atoms with van der Waals surface area (Å²) in [6.45, 7) is 2.12. The van der Waals surface area contributed by atoms with Crippen LogP contribution in [0.4, 0.5) is 0 Å². The molecule has 3 nitrogen and oxygen atoms in total. The molecule has 1 aromatic heterocycles. The summed E-state index contributed by atoms with van der Waals surface area (Å²) in [6, 6.07) is 2.42. The first-order valence-corrected chi connectivity index (χ1v) is 6.63. The summed E-state index contributed by atoms with van der Waals surface area (Å²) in [4.78, 5) is 1.33. The molecule has 1 aliphatic rings. The largest absolute Gasteiger partial charge is 0.378 e. The Labute approximate surface area is 101 Å². The molecule has 0 spiro atoms. The molecule has 1 fully saturated rings. The lowest BCUT2D eigenvalue weighted by atomic mass is 9.75. The molecular formula is C12H20N2OS. The molecule has 1 atom stereocenters. The fourth-order valence-corrected chi connectivity index (χ4v) is 3.11. The molecule has 0 bridgehead atoms. The summed E-state index contributed by atoms with van der Waals surface area (Å²) in [5.74, 6) is 5.65. The maximum Gasteiger partial charge on any atom is 0.0697 e. The monoisotopic (exact) mass is 240 g/mol. The van der Waals surface area contributed by atoms with Crippen LogP contribution in [-0.2, 0) is 4.74 Å². The molecule has 1 unspecified atom stereocenters. The van der Waals surface area contributed by atoms with E-state index in [1.165, 1.54) is 16.9 Å². The molecule has 3 N–H and O–H groups in total. The third-order valence-corrected chi connectivity index (χ3v) is 4.51. The fraction of sp³-hybridized carbons (Fsp3) is 0.667. The first kappa shape index (κ1) is 12.0. The van der Waals surface area contributed by atoms with E-state index >= 15 is 0 Å². The average Bonchev–Trinajstić information content (AvgIpc) is 2.65. The predicted molar refractivity (Wildman–Crippen MR) is 67.3 cm³/mol. The number of rotatable bonds is 5. The van der Waals surface area contributed by atoms with Gasteiger partial charge < -0.3 is 4.74 Å². The molecule has 1 aromatic rings. The van der Waals surface area contributed by atoms with Crippen LogP contribution in [0.1, 0.15) is 42.2 Å². The first-order valence-electron chi connectivity index (χ1n) is 5.75. The minimum atomic E-state index is 0.0624. The zero-order valence-electron chi connectivity index (χ0n) is 9.95. The van der Waals surface area contributed by atoms with Crippen molar-refractivity contribution in [2.24, 2.45) is 5.84 Å². The van der Waals surface area contributed by atoms with Crippen molar-refractivity contribution in [3.05, 3.63) is 21.9 Å². The Morgan fingerprint density at radius 3 is 2.75 bits per heavy atom. The van der Waals surface area contributed by atoms with Gasteiger partial charge in [0.2, 0.25) is 0 Å². The molecule has 1 aliphatic carbocycles. The van der Waals surface area contributed by atoms with Crippen LogP contribution in [0.2, 0.25) is 0 Å². The van der Waals surface area contributed by atoms with Gasteiger partial charge in [-0.2, -0.15) is 0 Å². The molecule has 0 aromatic carbocycles. The number of nitrogens with one attached hydrogen (secondary N) is 1. The molecule has 90 valence electrons. The first-order chi connectivity index (χ1) is 7.69. The number of nitrogens with two attached hydrogens (primary N) is 1. The number of thiophene rings is 1. The fourth-order valence-electron chi connectivity index (χ4n) is 2.35. The predicted octanol–water partition coefficient (Wildman–Crippen LogP) is 2.52. The zero-order valence-corrected chi connectivity index (χ0v) is 10.8. The lowest BCUT2D eigenvalue weighted by Gasteiger charge is -2.42. The second-order valence-corrected chi connectivity index (χ2v) is 5.77. The molecule has 0 radical (unpaired) electrons. The zero-order chi connectivity index (χ0) is 11.6. The van der Waals surface area contributed by atoms with Crippen LogP contribution in [-0.4, -0.2) is 12.7 Å². The van der Waals surface area contributed by atoms with E-state index < -0.39 is 0 Å². The van der Waals surface area contributed by atoms with Crippen LogP contribution in [0.5, 0.6) is 0 Å². The molecule has 16 heavy (non-hydrogen) atoms. The van der Waals surface area contributed by atoms with Gasteiger partial charge in [-0.15, -0.1) is 11.3 Å². The summed E-state index contributed by atoms with van der Waals surface area (Å²) in [6.07, 6.45) is 4.56. The van der Waals surface area contributed by atoms with Gasteiger partial charge in [0, 0.05) is 18.0 Å². The summed E-state index contributed by atoms with van der Waals surface area (Å²) >= 11 is 1.77. The SMILES string of the molecule is COC1(CC(NN)c2csc(C)c2)CCC1. The second-order valence-electron chi connectivity index (χ2n) is 4.65. The number of hydrazine groups is 1. The lowest BCUT2D eigenvalue weighted by Crippen LogP contribution is -2.44. The maximum absolute atomic E-state index is 5.65. The van der Waals surface area contributed by atoms with E-state index in [-0.39, 0.29) is 11.6 Å². The summed E-state index contributed by atoms with van der Waals surface area (Å²) in [5.41, 5.74) is 4.26. The van der Waals surface area contributed by atoms with Gasteiger partial charge in [-0.3, -0.25) is 11.3 Å². The van der Waals surface area contributed by atoms with E-state index in [1.807, 2.05) is 7.11 Å². The highest BCUT2D eigenvalue weighted by molar-refractivity contribution is 7.10. The highest BCUT2D eigenvalue weighted by atomic mass is 32.1. The van der Waals surface area contributed by atoms with Gasteiger partial charge in [0.15, 0.2) is 0 Å². The molecule has 2 rings (SSSR count). The quantitative estimate of drug-likeness (QED) is 0.614. The van der Waals surface area contributed by atoms with E-state index in [0.29, 0.717) is 0 Å². The van der Waals surface area contributed by atoms with Crippen LogP contribution < -0.4 is 11.3 Å². The van der Waals surface area contributed by atoms with Gasteiger partial charge in [-0.25, -0.2) is 0 Å². The normalized spacial score (nSPS) is 20.4. The molecule has 0 aliphatic heterocycles. The third kappa shape index (κ3) is 2.30. The minimum absolute atomic E-state index is 0.0624. The highest BCUT2D eigenvalue weighted by Crippen LogP contribution is 2.42. The van der Waals surface area contributed by atoms with Crippen LogP contribution in [0, 0.1) is 6.92 Å². The summed E-state index contributed by atoms with van der Waals surface area (Å²) < 4.78 is 5.64. The van der Waals surface area contributed by atoms with Crippen molar-refractivity contribution in [1.82, 2.24) is 5.43 Å². The topological polar surface area (TPSA) is 47.3 Å². The number of ether oxygens (including phenoxy) is 1. The van der Waals surface area contributed by atoms with Crippen LogP contribution in [0.25, 0.3) is 0 Å². The van der Waals surface area contributed by atoms with Gasteiger partial charge in [-0.1, -0.05) is 0 Å². The van der Waals surface area contributed by atoms with Gasteiger partial charge in [0.1, 0.15) is 0 Å². The van der Waals surface area contributed by atoms with Crippen LogP contribution in [0.3, 0.4) is 0 Å². The molecule has 0 saturated heterocycles. The van der Waals surface area contributed by atoms with Crippen molar-refractivity contribution in [2.75, 3.05) is 7.11 Å². The minimum Gasteiger partial charge on any atom is -0.378 e. The number of hydrogen-bond donors (Lipinski definition) is 2. The number of hydrogen-bond acceptors (Lipinski definition) is 4. The van der Waals surface area contributed by atoms with Crippen LogP contribution in [0.15, 0.2) is 11.4 Å². The van der Waals surface area contributed by atoms with E-state index in [0.717, 1.165) is 19.3 Å². The summed E-state index contributed by atoms with van der Waals surface area (Å²) in [7, 11) is 1.81. The summed E-state index contributed by atoms with van der Waals surface area (Å²) in [5, 5.41) is 2.18. The maximum atomic E-state index is 5.65. The highest BCUT2D eigenvalue weighted by Gasteiger charge is 2.39. The Morgan fingerprint density at radius 1 is 1.62 bits per heavy atom. The second kappa shape index (κ2) is 4.84. The van der Waals surface area contributed by atoms with E-state index in [1.54, 1.807) is 11.3 Å². The van der Waals surface area contributed by atoms with Crippen LogP contribution >= 0.6 is 11.3 Å². The molecule has 1 heterocycles. The Morgan fingerprint density at radius 2 is 2.38 bits per heavy atom. The smallest absolute Gasteiger partial charge is 0.0697 e. The van der Waals surface area contributed by atoms with Crippen molar-refractivity contribution in [2.45, 2.75) is 44.2 Å². The average molecular weight is 240 g/mol. The van der Waals surface area contributed by atoms with E-state index in [4.69, 9.17) is 10.6 Å². The Hall–Kier alpha value is -0.420. The molecule has 0 amide bonds. The van der Waals surface area contributed by atoms with Gasteiger partial charge in [-0.05, 0) is 49.6 Å². The van der Waals surface area contributed by atoms with Gasteiger partial charge in [0.25, 0.3) is 0 Å². The van der Waals surface area contributed by atoms with E-state index in [2.05, 4.69) is 23.8 Å². The molecular weight excluding hydrogens is 220 g/mol. The molecule has 4 heteroatoms. The van der Waals surface area contributed by atoms with Crippen molar-refractivity contribution in [3.8, 4) is 0 Å². The standard InChI is InChI=1S/C12H20N2OS/c1-9-6-10(8-16-9)11(14-13)7-12(15-2)4-3-5-12/h6,8,11,14H,3-5,7,13H2,1-2H3. The van der Waals surface area contributed by atoms with Crippen molar-refractivity contribution in [1.29, 1.82) is 0 Å². The lowest BCUT2D eigenvalue weighted by molar-refractivity contribution is -0.0838. The Balaban J connectivity index is 2.05. The van der Waals surface area contributed by atoms with E-state index in [9.17, 15) is 0 Å². The van der Waals surface area contributed by atoms with Crippen molar-refractivity contribution in [3.63, 3.8) is 0 Å². The van der Waals surface area contributed by atoms with Gasteiger partial charge >= 0.3 is 0 Å². The number of methoxy groups -OCH3 is 1. The Bertz CT molecular complexity index is 341. The third-order valence-electron chi connectivity index (χ3n) is 3.63. The molecule has 1 saturated carbocycles. The number of aryl methyl sites for hydroxylation is 1.